The van der Waals surface area contributed by atoms with Gasteiger partial charge in [0.05, 0.1) is 34.9 Å². The highest BCUT2D eigenvalue weighted by molar-refractivity contribution is 6.32. The molecule has 1 amide bonds. The lowest BCUT2D eigenvalue weighted by atomic mass is 10.1. The average Bonchev–Trinajstić information content (AvgIpc) is 3.38. The predicted octanol–water partition coefficient (Wildman–Crippen LogP) is 3.43. The van der Waals surface area contributed by atoms with Crippen LogP contribution in [0, 0.1) is 5.82 Å². The molecule has 158 valence electrons. The van der Waals surface area contributed by atoms with Crippen molar-refractivity contribution in [3.8, 4) is 22.6 Å². The molecule has 0 saturated carbocycles. The minimum atomic E-state index is -4.93. The van der Waals surface area contributed by atoms with Crippen LogP contribution in [-0.4, -0.2) is 35.7 Å². The van der Waals surface area contributed by atoms with Crippen molar-refractivity contribution in [1.82, 2.24) is 29.8 Å². The molecule has 13 heteroatoms. The molecular formula is C18H10ClF4N7O. The number of carbonyl (C=O) groups is 1. The van der Waals surface area contributed by atoms with E-state index in [0.717, 1.165) is 23.0 Å². The molecule has 0 fully saturated rings. The normalized spacial score (nSPS) is 11.6. The molecule has 3 heterocycles. The van der Waals surface area contributed by atoms with Crippen LogP contribution in [0.1, 0.15) is 16.1 Å². The molecule has 0 aliphatic heterocycles. The summed E-state index contributed by atoms with van der Waals surface area (Å²) >= 11 is 6.20. The molecule has 31 heavy (non-hydrogen) atoms. The maximum Gasteiger partial charge on any atom is 0.434 e. The molecular weight excluding hydrogens is 442 g/mol. The van der Waals surface area contributed by atoms with Gasteiger partial charge < -0.3 is 5.73 Å². The highest BCUT2D eigenvalue weighted by Crippen LogP contribution is 2.35. The minimum Gasteiger partial charge on any atom is -0.365 e. The van der Waals surface area contributed by atoms with Crippen LogP contribution in [0.15, 0.2) is 49.1 Å². The van der Waals surface area contributed by atoms with E-state index in [0.29, 0.717) is 10.9 Å². The molecule has 3 aromatic heterocycles. The van der Waals surface area contributed by atoms with Gasteiger partial charge in [0.15, 0.2) is 11.5 Å². The van der Waals surface area contributed by atoms with E-state index in [2.05, 4.69) is 20.3 Å². The van der Waals surface area contributed by atoms with Crippen molar-refractivity contribution in [3.05, 3.63) is 71.2 Å². The number of primary amides is 1. The van der Waals surface area contributed by atoms with Crippen LogP contribution in [0.4, 0.5) is 17.6 Å². The fraction of sp³-hybridized carbons (Fsp3) is 0.0556. The summed E-state index contributed by atoms with van der Waals surface area (Å²) in [5, 5.41) is 11.5. The second-order valence-electron chi connectivity index (χ2n) is 6.19. The molecule has 0 aliphatic rings. The maximum atomic E-state index is 14.5. The minimum absolute atomic E-state index is 0.0869. The Morgan fingerprint density at radius 3 is 2.39 bits per heavy atom. The average molecular weight is 452 g/mol. The van der Waals surface area contributed by atoms with Gasteiger partial charge in [0, 0.05) is 17.3 Å². The largest absolute Gasteiger partial charge is 0.434 e. The summed E-state index contributed by atoms with van der Waals surface area (Å²) in [6, 6.07) is 4.55. The summed E-state index contributed by atoms with van der Waals surface area (Å²) < 4.78 is 55.6. The summed E-state index contributed by atoms with van der Waals surface area (Å²) in [6.45, 7) is 0. The second-order valence-corrected chi connectivity index (χ2v) is 6.60. The number of aromatic nitrogens is 6. The monoisotopic (exact) mass is 451 g/mol. The first-order valence-corrected chi connectivity index (χ1v) is 8.82. The second kappa shape index (κ2) is 7.47. The number of benzene rings is 1. The fourth-order valence-corrected chi connectivity index (χ4v) is 3.16. The zero-order valence-corrected chi connectivity index (χ0v) is 15.9. The first-order valence-electron chi connectivity index (χ1n) is 8.44. The van der Waals surface area contributed by atoms with E-state index < -0.39 is 29.2 Å². The van der Waals surface area contributed by atoms with E-state index in [4.69, 9.17) is 17.3 Å². The molecule has 0 saturated heterocycles. The van der Waals surface area contributed by atoms with E-state index in [1.807, 2.05) is 0 Å². The number of pyridine rings is 1. The van der Waals surface area contributed by atoms with Gasteiger partial charge >= 0.3 is 6.18 Å². The fourth-order valence-electron chi connectivity index (χ4n) is 2.91. The number of amides is 1. The van der Waals surface area contributed by atoms with Crippen molar-refractivity contribution in [1.29, 1.82) is 0 Å². The molecule has 0 atom stereocenters. The van der Waals surface area contributed by atoms with Gasteiger partial charge in [-0.1, -0.05) is 11.6 Å². The van der Waals surface area contributed by atoms with Crippen LogP contribution in [0.3, 0.4) is 0 Å². The number of halogens is 5. The van der Waals surface area contributed by atoms with Gasteiger partial charge in [0.2, 0.25) is 0 Å². The van der Waals surface area contributed by atoms with Crippen LogP contribution >= 0.6 is 11.6 Å². The van der Waals surface area contributed by atoms with Crippen LogP contribution in [-0.2, 0) is 6.18 Å². The smallest absolute Gasteiger partial charge is 0.365 e. The van der Waals surface area contributed by atoms with E-state index in [1.54, 1.807) is 0 Å². The van der Waals surface area contributed by atoms with Crippen molar-refractivity contribution in [2.45, 2.75) is 6.18 Å². The SMILES string of the molecule is NC(=O)c1cnn(-c2ccc(F)c(-c3cnc(-n4nccn4)c(Cl)c3)c2)c1C(F)(F)F. The van der Waals surface area contributed by atoms with Gasteiger partial charge in [0.1, 0.15) is 5.82 Å². The van der Waals surface area contributed by atoms with Crippen LogP contribution < -0.4 is 5.73 Å². The molecule has 4 rings (SSSR count). The molecule has 1 aromatic carbocycles. The Bertz CT molecular complexity index is 1280. The molecule has 0 radical (unpaired) electrons. The van der Waals surface area contributed by atoms with E-state index in [1.165, 1.54) is 24.7 Å². The first kappa shape index (κ1) is 20.5. The summed E-state index contributed by atoms with van der Waals surface area (Å²) in [5.74, 6) is -1.84. The third kappa shape index (κ3) is 3.72. The lowest BCUT2D eigenvalue weighted by Crippen LogP contribution is -2.20. The lowest BCUT2D eigenvalue weighted by Gasteiger charge is -2.13. The van der Waals surface area contributed by atoms with Gasteiger partial charge in [-0.3, -0.25) is 4.79 Å². The molecule has 0 aliphatic carbocycles. The summed E-state index contributed by atoms with van der Waals surface area (Å²) in [4.78, 5) is 16.7. The molecule has 2 N–H and O–H groups in total. The maximum absolute atomic E-state index is 14.5. The molecule has 0 bridgehead atoms. The Kier molecular flexibility index (Phi) is 4.93. The number of hydrogen-bond acceptors (Lipinski definition) is 5. The van der Waals surface area contributed by atoms with Crippen LogP contribution in [0.25, 0.3) is 22.6 Å². The van der Waals surface area contributed by atoms with Crippen molar-refractivity contribution >= 4 is 17.5 Å². The third-order valence-electron chi connectivity index (χ3n) is 4.24. The zero-order chi connectivity index (χ0) is 22.3. The molecule has 0 spiro atoms. The lowest BCUT2D eigenvalue weighted by molar-refractivity contribution is -0.143. The van der Waals surface area contributed by atoms with Gasteiger partial charge in [-0.05, 0) is 24.3 Å². The van der Waals surface area contributed by atoms with E-state index in [9.17, 15) is 22.4 Å². The number of nitrogens with zero attached hydrogens (tertiary/aromatic N) is 6. The van der Waals surface area contributed by atoms with E-state index >= 15 is 0 Å². The number of alkyl halides is 3. The quantitative estimate of drug-likeness (QED) is 0.479. The third-order valence-corrected chi connectivity index (χ3v) is 4.52. The number of rotatable bonds is 4. The van der Waals surface area contributed by atoms with Crippen molar-refractivity contribution in [3.63, 3.8) is 0 Å². The topological polar surface area (TPSA) is 105 Å². The van der Waals surface area contributed by atoms with Crippen LogP contribution in [0.5, 0.6) is 0 Å². The van der Waals surface area contributed by atoms with Crippen molar-refractivity contribution in [2.75, 3.05) is 0 Å². The summed E-state index contributed by atoms with van der Waals surface area (Å²) in [7, 11) is 0. The summed E-state index contributed by atoms with van der Waals surface area (Å²) in [5.41, 5.74) is 2.81. The first-order chi connectivity index (χ1) is 14.7. The summed E-state index contributed by atoms with van der Waals surface area (Å²) in [6.07, 6.45) is -0.123. The Labute approximate surface area is 175 Å². The highest BCUT2D eigenvalue weighted by Gasteiger charge is 2.40. The predicted molar refractivity (Wildman–Crippen MR) is 100 cm³/mol. The Balaban J connectivity index is 1.83. The Morgan fingerprint density at radius 2 is 1.77 bits per heavy atom. The molecule has 4 aromatic rings. The van der Waals surface area contributed by atoms with Crippen LogP contribution in [0.2, 0.25) is 5.02 Å². The van der Waals surface area contributed by atoms with Gasteiger partial charge in [0.25, 0.3) is 5.91 Å². The van der Waals surface area contributed by atoms with Gasteiger partial charge in [-0.15, -0.1) is 4.80 Å². The van der Waals surface area contributed by atoms with Gasteiger partial charge in [-0.25, -0.2) is 14.1 Å². The van der Waals surface area contributed by atoms with Gasteiger partial charge in [-0.2, -0.15) is 28.5 Å². The van der Waals surface area contributed by atoms with Crippen molar-refractivity contribution < 1.29 is 22.4 Å². The van der Waals surface area contributed by atoms with E-state index in [-0.39, 0.29) is 27.7 Å². The zero-order valence-electron chi connectivity index (χ0n) is 15.2. The Morgan fingerprint density at radius 1 is 1.06 bits per heavy atom. The standard InChI is InChI=1S/C18H10ClF4N7O/c19-13-5-9(7-25-17(13)30-26-3-4-27-30)11-6-10(1-2-14(11)20)29-15(18(21,22)23)12(8-28-29)16(24)31/h1-8H,(H2,24,31). The number of hydrogen-bond donors (Lipinski definition) is 1. The highest BCUT2D eigenvalue weighted by atomic mass is 35.5. The van der Waals surface area contributed by atoms with Crippen molar-refractivity contribution in [2.24, 2.45) is 5.73 Å². The molecule has 0 unspecified atom stereocenters. The number of nitrogens with two attached hydrogens (primary N) is 1. The Hall–Kier alpha value is -3.80. The molecule has 8 nitrogen and oxygen atoms in total. The number of carbonyl (C=O) groups excluding carboxylic acids is 1.